The van der Waals surface area contributed by atoms with Gasteiger partial charge in [0.15, 0.2) is 11.5 Å². The molecule has 2 aromatic carbocycles. The van der Waals surface area contributed by atoms with E-state index in [1.165, 1.54) is 0 Å². The maximum absolute atomic E-state index is 6.24. The molecule has 0 spiro atoms. The standard InChI is InChI=1S/C15H13BrClNO3/c1-19-13-3-2-10(16)4-9(13)7-18-12-6-15-14(5-11(12)17)20-8-21-15/h2-6,18H,7-8H2,1H3. The number of nitrogens with one attached hydrogen (secondary N) is 1. The Morgan fingerprint density at radius 2 is 2.00 bits per heavy atom. The Bertz CT molecular complexity index is 678. The molecule has 0 fully saturated rings. The second kappa shape index (κ2) is 6.03. The molecule has 0 saturated heterocycles. The van der Waals surface area contributed by atoms with E-state index in [1.54, 1.807) is 13.2 Å². The first-order chi connectivity index (χ1) is 10.2. The van der Waals surface area contributed by atoms with Gasteiger partial charge in [-0.15, -0.1) is 0 Å². The molecule has 4 nitrogen and oxygen atoms in total. The Morgan fingerprint density at radius 1 is 1.24 bits per heavy atom. The number of halogens is 2. The van der Waals surface area contributed by atoms with Crippen LogP contribution in [0.1, 0.15) is 5.56 Å². The molecule has 0 radical (unpaired) electrons. The summed E-state index contributed by atoms with van der Waals surface area (Å²) in [5, 5.41) is 3.88. The molecule has 0 saturated carbocycles. The zero-order valence-corrected chi connectivity index (χ0v) is 13.6. The van der Waals surface area contributed by atoms with Crippen LogP contribution in [0.4, 0.5) is 5.69 Å². The van der Waals surface area contributed by atoms with Crippen LogP contribution >= 0.6 is 27.5 Å². The number of anilines is 1. The van der Waals surface area contributed by atoms with Crippen molar-refractivity contribution in [3.8, 4) is 17.2 Å². The predicted octanol–water partition coefficient (Wildman–Crippen LogP) is 4.45. The van der Waals surface area contributed by atoms with E-state index in [0.717, 1.165) is 21.5 Å². The van der Waals surface area contributed by atoms with Crippen LogP contribution in [-0.4, -0.2) is 13.9 Å². The summed E-state index contributed by atoms with van der Waals surface area (Å²) in [5.41, 5.74) is 1.82. The first-order valence-electron chi connectivity index (χ1n) is 6.33. The van der Waals surface area contributed by atoms with E-state index in [-0.39, 0.29) is 6.79 Å². The van der Waals surface area contributed by atoms with Gasteiger partial charge in [0.1, 0.15) is 5.75 Å². The van der Waals surface area contributed by atoms with Crippen molar-refractivity contribution in [2.24, 2.45) is 0 Å². The van der Waals surface area contributed by atoms with Crippen LogP contribution in [0.5, 0.6) is 17.2 Å². The molecule has 1 aliphatic rings. The molecule has 0 aliphatic carbocycles. The molecule has 0 unspecified atom stereocenters. The first-order valence-corrected chi connectivity index (χ1v) is 7.50. The van der Waals surface area contributed by atoms with Gasteiger partial charge in [-0.25, -0.2) is 0 Å². The molecule has 110 valence electrons. The van der Waals surface area contributed by atoms with Crippen LogP contribution in [-0.2, 0) is 6.54 Å². The minimum absolute atomic E-state index is 0.231. The molecule has 3 rings (SSSR count). The molecule has 0 atom stereocenters. The van der Waals surface area contributed by atoms with E-state index >= 15 is 0 Å². The third-order valence-corrected chi connectivity index (χ3v) is 3.98. The van der Waals surface area contributed by atoms with Crippen molar-refractivity contribution in [1.82, 2.24) is 0 Å². The average Bonchev–Trinajstić information content (AvgIpc) is 2.92. The van der Waals surface area contributed by atoms with E-state index in [4.69, 9.17) is 25.8 Å². The van der Waals surface area contributed by atoms with Gasteiger partial charge in [-0.2, -0.15) is 0 Å². The van der Waals surface area contributed by atoms with Gasteiger partial charge in [-0.1, -0.05) is 27.5 Å². The molecule has 21 heavy (non-hydrogen) atoms. The van der Waals surface area contributed by atoms with Crippen molar-refractivity contribution in [1.29, 1.82) is 0 Å². The van der Waals surface area contributed by atoms with Crippen LogP contribution in [0.2, 0.25) is 5.02 Å². The predicted molar refractivity (Wildman–Crippen MR) is 85.6 cm³/mol. The molecule has 2 aromatic rings. The van der Waals surface area contributed by atoms with E-state index in [1.807, 2.05) is 24.3 Å². The quantitative estimate of drug-likeness (QED) is 0.863. The minimum Gasteiger partial charge on any atom is -0.496 e. The summed E-state index contributed by atoms with van der Waals surface area (Å²) >= 11 is 9.70. The Morgan fingerprint density at radius 3 is 2.76 bits per heavy atom. The summed E-state index contributed by atoms with van der Waals surface area (Å²) in [7, 11) is 1.65. The molecule has 1 aliphatic heterocycles. The van der Waals surface area contributed by atoms with Crippen LogP contribution in [0.15, 0.2) is 34.8 Å². The number of fused-ring (bicyclic) bond motifs is 1. The van der Waals surface area contributed by atoms with Crippen LogP contribution in [0, 0.1) is 0 Å². The van der Waals surface area contributed by atoms with Crippen molar-refractivity contribution in [3.63, 3.8) is 0 Å². The molecule has 1 heterocycles. The number of hydrogen-bond donors (Lipinski definition) is 1. The SMILES string of the molecule is COc1ccc(Br)cc1CNc1cc2c(cc1Cl)OCO2. The third-order valence-electron chi connectivity index (χ3n) is 3.17. The van der Waals surface area contributed by atoms with Crippen LogP contribution < -0.4 is 19.5 Å². The molecular weight excluding hydrogens is 358 g/mol. The Balaban J connectivity index is 1.81. The first kappa shape index (κ1) is 14.4. The van der Waals surface area contributed by atoms with E-state index < -0.39 is 0 Å². The summed E-state index contributed by atoms with van der Waals surface area (Å²) in [5.74, 6) is 2.19. The molecule has 1 N–H and O–H groups in total. The lowest BCUT2D eigenvalue weighted by molar-refractivity contribution is 0.174. The highest BCUT2D eigenvalue weighted by Crippen LogP contribution is 2.39. The van der Waals surface area contributed by atoms with E-state index in [9.17, 15) is 0 Å². The highest BCUT2D eigenvalue weighted by Gasteiger charge is 2.16. The maximum atomic E-state index is 6.24. The summed E-state index contributed by atoms with van der Waals surface area (Å²) in [4.78, 5) is 0. The van der Waals surface area contributed by atoms with Crippen molar-refractivity contribution in [2.75, 3.05) is 19.2 Å². The van der Waals surface area contributed by atoms with Crippen molar-refractivity contribution in [2.45, 2.75) is 6.54 Å². The lowest BCUT2D eigenvalue weighted by Crippen LogP contribution is -2.02. The number of benzene rings is 2. The third kappa shape index (κ3) is 3.04. The van der Waals surface area contributed by atoms with Gasteiger partial charge < -0.3 is 19.5 Å². The fraction of sp³-hybridized carbons (Fsp3) is 0.200. The van der Waals surface area contributed by atoms with Crippen molar-refractivity contribution >= 4 is 33.2 Å². The monoisotopic (exact) mass is 369 g/mol. The second-order valence-corrected chi connectivity index (χ2v) is 5.82. The van der Waals surface area contributed by atoms with E-state index in [0.29, 0.717) is 23.1 Å². The smallest absolute Gasteiger partial charge is 0.231 e. The number of methoxy groups -OCH3 is 1. The zero-order chi connectivity index (χ0) is 14.8. The normalized spacial score (nSPS) is 12.3. The maximum Gasteiger partial charge on any atom is 0.231 e. The molecular formula is C15H13BrClNO3. The highest BCUT2D eigenvalue weighted by atomic mass is 79.9. The summed E-state index contributed by atoms with van der Waals surface area (Å²) in [6.45, 7) is 0.816. The molecule has 6 heteroatoms. The van der Waals surface area contributed by atoms with Crippen LogP contribution in [0.25, 0.3) is 0 Å². The Kier molecular flexibility index (Phi) is 4.12. The minimum atomic E-state index is 0.231. The summed E-state index contributed by atoms with van der Waals surface area (Å²) < 4.78 is 17.0. The zero-order valence-electron chi connectivity index (χ0n) is 11.3. The topological polar surface area (TPSA) is 39.7 Å². The fourth-order valence-corrected chi connectivity index (χ4v) is 2.76. The lowest BCUT2D eigenvalue weighted by atomic mass is 10.2. The Labute approximate surface area is 136 Å². The van der Waals surface area contributed by atoms with Gasteiger partial charge in [0.2, 0.25) is 6.79 Å². The van der Waals surface area contributed by atoms with Gasteiger partial charge in [-0.05, 0) is 18.2 Å². The second-order valence-electron chi connectivity index (χ2n) is 4.50. The highest BCUT2D eigenvalue weighted by molar-refractivity contribution is 9.10. The number of hydrogen-bond acceptors (Lipinski definition) is 4. The molecule has 0 amide bonds. The van der Waals surface area contributed by atoms with Crippen molar-refractivity contribution in [3.05, 3.63) is 45.4 Å². The summed E-state index contributed by atoms with van der Waals surface area (Å²) in [6, 6.07) is 9.46. The van der Waals surface area contributed by atoms with Gasteiger partial charge >= 0.3 is 0 Å². The largest absolute Gasteiger partial charge is 0.496 e. The fourth-order valence-electron chi connectivity index (χ4n) is 2.13. The number of rotatable bonds is 4. The van der Waals surface area contributed by atoms with Crippen molar-refractivity contribution < 1.29 is 14.2 Å². The molecule has 0 bridgehead atoms. The molecule has 0 aromatic heterocycles. The van der Waals surface area contributed by atoms with Gasteiger partial charge in [0, 0.05) is 28.7 Å². The van der Waals surface area contributed by atoms with Gasteiger partial charge in [-0.3, -0.25) is 0 Å². The number of ether oxygens (including phenoxy) is 3. The lowest BCUT2D eigenvalue weighted by Gasteiger charge is -2.12. The summed E-state index contributed by atoms with van der Waals surface area (Å²) in [6.07, 6.45) is 0. The Hall–Kier alpha value is -1.59. The van der Waals surface area contributed by atoms with E-state index in [2.05, 4.69) is 21.2 Å². The van der Waals surface area contributed by atoms with Crippen LogP contribution in [0.3, 0.4) is 0 Å². The van der Waals surface area contributed by atoms with Gasteiger partial charge in [0.05, 0.1) is 17.8 Å². The average molecular weight is 371 g/mol. The van der Waals surface area contributed by atoms with Gasteiger partial charge in [0.25, 0.3) is 0 Å².